The Bertz CT molecular complexity index is 666. The molecule has 3 nitrogen and oxygen atoms in total. The number of rotatable bonds is 8. The first-order valence-electron chi connectivity index (χ1n) is 9.37. The van der Waals surface area contributed by atoms with Gasteiger partial charge in [0.05, 0.1) is 6.61 Å². The first-order valence-corrected chi connectivity index (χ1v) is 9.37. The van der Waals surface area contributed by atoms with Gasteiger partial charge in [-0.1, -0.05) is 38.5 Å². The summed E-state index contributed by atoms with van der Waals surface area (Å²) >= 11 is 0. The lowest BCUT2D eigenvalue weighted by atomic mass is 9.91. The van der Waals surface area contributed by atoms with Crippen molar-refractivity contribution in [3.05, 3.63) is 42.0 Å². The molecule has 0 amide bonds. The molecule has 2 aromatic rings. The van der Waals surface area contributed by atoms with Crippen LogP contribution in [0.25, 0.3) is 10.8 Å². The van der Waals surface area contributed by atoms with Crippen LogP contribution in [-0.4, -0.2) is 35.2 Å². The Morgan fingerprint density at radius 1 is 1.12 bits per heavy atom. The van der Waals surface area contributed by atoms with Crippen LogP contribution in [0.5, 0.6) is 0 Å². The highest BCUT2D eigenvalue weighted by atomic mass is 16.3. The number of anilines is 1. The second kappa shape index (κ2) is 8.00. The fourth-order valence-corrected chi connectivity index (χ4v) is 3.57. The van der Waals surface area contributed by atoms with Crippen molar-refractivity contribution in [3.63, 3.8) is 0 Å². The number of hydrogen-bond donors (Lipinski definition) is 2. The largest absolute Gasteiger partial charge is 0.392 e. The molecular weight excluding hydrogens is 296 g/mol. The number of fused-ring (bicyclic) bond motifs is 1. The topological polar surface area (TPSA) is 35.5 Å². The lowest BCUT2D eigenvalue weighted by Gasteiger charge is -2.39. The van der Waals surface area contributed by atoms with E-state index in [0.29, 0.717) is 6.04 Å². The van der Waals surface area contributed by atoms with Crippen LogP contribution in [0.4, 0.5) is 5.69 Å². The monoisotopic (exact) mass is 326 g/mol. The van der Waals surface area contributed by atoms with E-state index in [2.05, 4.69) is 54.4 Å². The Morgan fingerprint density at radius 2 is 1.88 bits per heavy atom. The number of hydrogen-bond acceptors (Lipinski definition) is 3. The number of nitrogens with one attached hydrogen (secondary N) is 1. The standard InChI is InChI=1S/C21H30N2O/c1-3-19(14-23(4-2)21-6-5-7-21)22-20-11-10-17-12-16(15-24)8-9-18(17)13-20/h8-13,19,21-22,24H,3-7,14-15H2,1-2H3. The van der Waals surface area contributed by atoms with Crippen molar-refractivity contribution in [2.24, 2.45) is 0 Å². The SMILES string of the molecule is CCC(CN(CC)C1CCC1)Nc1ccc2cc(CO)ccc2c1. The molecule has 1 aliphatic rings. The summed E-state index contributed by atoms with van der Waals surface area (Å²) in [6.07, 6.45) is 5.26. The smallest absolute Gasteiger partial charge is 0.0682 e. The van der Waals surface area contributed by atoms with E-state index in [1.807, 2.05) is 6.07 Å². The summed E-state index contributed by atoms with van der Waals surface area (Å²) < 4.78 is 0. The van der Waals surface area contributed by atoms with Crippen LogP contribution in [0.1, 0.15) is 45.1 Å². The van der Waals surface area contributed by atoms with Crippen molar-refractivity contribution >= 4 is 16.5 Å². The first-order chi connectivity index (χ1) is 11.7. The second-order valence-corrected chi connectivity index (χ2v) is 6.98. The Labute approximate surface area is 145 Å². The molecule has 0 spiro atoms. The van der Waals surface area contributed by atoms with Gasteiger partial charge in [-0.25, -0.2) is 0 Å². The van der Waals surface area contributed by atoms with Crippen molar-refractivity contribution in [1.82, 2.24) is 4.90 Å². The molecule has 1 unspecified atom stereocenters. The molecule has 0 radical (unpaired) electrons. The van der Waals surface area contributed by atoms with Gasteiger partial charge in [0.1, 0.15) is 0 Å². The highest BCUT2D eigenvalue weighted by Crippen LogP contribution is 2.26. The summed E-state index contributed by atoms with van der Waals surface area (Å²) in [6.45, 7) is 6.91. The quantitative estimate of drug-likeness (QED) is 0.755. The van der Waals surface area contributed by atoms with Gasteiger partial charge in [0.15, 0.2) is 0 Å². The Balaban J connectivity index is 1.69. The molecular formula is C21H30N2O. The predicted octanol–water partition coefficient (Wildman–Crippen LogP) is 4.40. The summed E-state index contributed by atoms with van der Waals surface area (Å²) in [5, 5.41) is 15.4. The van der Waals surface area contributed by atoms with Crippen LogP contribution in [0.15, 0.2) is 36.4 Å². The Morgan fingerprint density at radius 3 is 2.50 bits per heavy atom. The maximum Gasteiger partial charge on any atom is 0.0682 e. The van der Waals surface area contributed by atoms with Gasteiger partial charge in [0.25, 0.3) is 0 Å². The Kier molecular flexibility index (Phi) is 5.75. The van der Waals surface area contributed by atoms with E-state index in [-0.39, 0.29) is 6.61 Å². The number of benzene rings is 2. The van der Waals surface area contributed by atoms with Crippen LogP contribution in [-0.2, 0) is 6.61 Å². The van der Waals surface area contributed by atoms with E-state index in [0.717, 1.165) is 31.1 Å². The van der Waals surface area contributed by atoms with E-state index < -0.39 is 0 Å². The summed E-state index contributed by atoms with van der Waals surface area (Å²) in [5.74, 6) is 0. The molecule has 130 valence electrons. The van der Waals surface area contributed by atoms with Crippen molar-refractivity contribution < 1.29 is 5.11 Å². The van der Waals surface area contributed by atoms with Crippen molar-refractivity contribution in [1.29, 1.82) is 0 Å². The van der Waals surface area contributed by atoms with Crippen LogP contribution < -0.4 is 5.32 Å². The normalized spacial score (nSPS) is 16.3. The zero-order valence-corrected chi connectivity index (χ0v) is 15.0. The maximum atomic E-state index is 9.26. The fraction of sp³-hybridized carbons (Fsp3) is 0.524. The molecule has 1 saturated carbocycles. The molecule has 0 aromatic heterocycles. The molecule has 3 heteroatoms. The molecule has 1 aliphatic carbocycles. The average molecular weight is 326 g/mol. The third-order valence-corrected chi connectivity index (χ3v) is 5.40. The highest BCUT2D eigenvalue weighted by Gasteiger charge is 2.25. The van der Waals surface area contributed by atoms with Gasteiger partial charge in [0.2, 0.25) is 0 Å². The van der Waals surface area contributed by atoms with E-state index in [9.17, 15) is 5.11 Å². The van der Waals surface area contributed by atoms with Crippen molar-refractivity contribution in [2.75, 3.05) is 18.4 Å². The van der Waals surface area contributed by atoms with Crippen LogP contribution in [0.3, 0.4) is 0 Å². The van der Waals surface area contributed by atoms with E-state index in [1.165, 1.54) is 35.7 Å². The number of aliphatic hydroxyl groups excluding tert-OH is 1. The molecule has 3 rings (SSSR count). The first kappa shape index (κ1) is 17.2. The highest BCUT2D eigenvalue weighted by molar-refractivity contribution is 5.86. The fourth-order valence-electron chi connectivity index (χ4n) is 3.57. The molecule has 0 heterocycles. The molecule has 2 aromatic carbocycles. The third-order valence-electron chi connectivity index (χ3n) is 5.40. The van der Waals surface area contributed by atoms with Gasteiger partial charge < -0.3 is 10.4 Å². The minimum Gasteiger partial charge on any atom is -0.392 e. The van der Waals surface area contributed by atoms with Crippen LogP contribution >= 0.6 is 0 Å². The number of aliphatic hydroxyl groups is 1. The van der Waals surface area contributed by atoms with Gasteiger partial charge in [-0.3, -0.25) is 4.90 Å². The zero-order valence-electron chi connectivity index (χ0n) is 15.0. The summed E-state index contributed by atoms with van der Waals surface area (Å²) in [6, 6.07) is 14.0. The summed E-state index contributed by atoms with van der Waals surface area (Å²) in [4.78, 5) is 2.64. The van der Waals surface area contributed by atoms with E-state index >= 15 is 0 Å². The van der Waals surface area contributed by atoms with E-state index in [1.54, 1.807) is 0 Å². The van der Waals surface area contributed by atoms with Crippen LogP contribution in [0.2, 0.25) is 0 Å². The number of nitrogens with zero attached hydrogens (tertiary/aromatic N) is 1. The molecule has 24 heavy (non-hydrogen) atoms. The van der Waals surface area contributed by atoms with E-state index in [4.69, 9.17) is 0 Å². The third kappa shape index (κ3) is 3.90. The zero-order chi connectivity index (χ0) is 16.9. The lowest BCUT2D eigenvalue weighted by Crippen LogP contribution is -2.45. The minimum atomic E-state index is 0.0991. The minimum absolute atomic E-state index is 0.0991. The molecule has 0 saturated heterocycles. The molecule has 0 bridgehead atoms. The second-order valence-electron chi connectivity index (χ2n) is 6.98. The van der Waals surface area contributed by atoms with Gasteiger partial charge in [-0.2, -0.15) is 0 Å². The molecule has 0 aliphatic heterocycles. The summed E-state index contributed by atoms with van der Waals surface area (Å²) in [7, 11) is 0. The molecule has 1 atom stereocenters. The van der Waals surface area contributed by atoms with Crippen molar-refractivity contribution in [3.8, 4) is 0 Å². The van der Waals surface area contributed by atoms with Gasteiger partial charge in [-0.05, 0) is 60.3 Å². The molecule has 1 fully saturated rings. The molecule has 2 N–H and O–H groups in total. The lowest BCUT2D eigenvalue weighted by molar-refractivity contribution is 0.128. The average Bonchev–Trinajstić information content (AvgIpc) is 2.58. The predicted molar refractivity (Wildman–Crippen MR) is 102 cm³/mol. The van der Waals surface area contributed by atoms with Gasteiger partial charge >= 0.3 is 0 Å². The number of likely N-dealkylation sites (N-methyl/N-ethyl adjacent to an activating group) is 1. The summed E-state index contributed by atoms with van der Waals surface area (Å²) in [5.41, 5.74) is 2.16. The van der Waals surface area contributed by atoms with Gasteiger partial charge in [-0.15, -0.1) is 0 Å². The van der Waals surface area contributed by atoms with Gasteiger partial charge in [0, 0.05) is 24.3 Å². The maximum absolute atomic E-state index is 9.26. The van der Waals surface area contributed by atoms with Crippen LogP contribution in [0, 0.1) is 0 Å². The Hall–Kier alpha value is -1.58. The van der Waals surface area contributed by atoms with Crippen molar-refractivity contribution in [2.45, 2.75) is 58.2 Å².